The minimum atomic E-state index is -0.467. The molecule has 0 fully saturated rings. The van der Waals surface area contributed by atoms with Crippen molar-refractivity contribution in [3.8, 4) is 5.75 Å². The van der Waals surface area contributed by atoms with Crippen LogP contribution in [0.15, 0.2) is 34.8 Å². The third kappa shape index (κ3) is 6.53. The first-order valence-electron chi connectivity index (χ1n) is 9.14. The Morgan fingerprint density at radius 2 is 2.14 bits per heavy atom. The molecule has 0 atom stereocenters. The molecule has 5 nitrogen and oxygen atoms in total. The maximum Gasteiger partial charge on any atom is 0.269 e. The van der Waals surface area contributed by atoms with Crippen molar-refractivity contribution in [3.63, 3.8) is 0 Å². The Kier molecular flexibility index (Phi) is 8.80. The molecule has 1 aromatic carbocycles. The van der Waals surface area contributed by atoms with Gasteiger partial charge in [-0.2, -0.15) is 5.10 Å². The van der Waals surface area contributed by atoms with E-state index >= 15 is 0 Å². The third-order valence-electron chi connectivity index (χ3n) is 4.16. The number of nitrogens with one attached hydrogen (secondary N) is 1. The van der Waals surface area contributed by atoms with E-state index < -0.39 is 5.82 Å². The number of hydrogen-bond donors (Lipinski definition) is 1. The lowest BCUT2D eigenvalue weighted by atomic mass is 10.2. The van der Waals surface area contributed by atoms with E-state index in [1.165, 1.54) is 4.68 Å². The Bertz CT molecular complexity index is 833. The summed E-state index contributed by atoms with van der Waals surface area (Å²) < 4.78 is 21.9. The molecule has 28 heavy (non-hydrogen) atoms. The van der Waals surface area contributed by atoms with Gasteiger partial charge < -0.3 is 10.1 Å². The molecule has 1 amide bonds. The summed E-state index contributed by atoms with van der Waals surface area (Å²) in [4.78, 5) is 12.3. The van der Waals surface area contributed by atoms with Gasteiger partial charge in [0.05, 0.1) is 12.3 Å². The monoisotopic (exact) mass is 427 g/mol. The number of nitrogens with zero attached hydrogens (tertiary/aromatic N) is 2. The molecule has 0 bridgehead atoms. The topological polar surface area (TPSA) is 56.1 Å². The second kappa shape index (κ2) is 11.1. The van der Waals surface area contributed by atoms with Gasteiger partial charge in [-0.05, 0) is 37.8 Å². The van der Waals surface area contributed by atoms with Gasteiger partial charge in [-0.25, -0.2) is 4.39 Å². The molecule has 0 aliphatic carbocycles. The van der Waals surface area contributed by atoms with E-state index in [4.69, 9.17) is 27.9 Å². The highest BCUT2D eigenvalue weighted by atomic mass is 35.5. The summed E-state index contributed by atoms with van der Waals surface area (Å²) in [7, 11) is 1.71. The molecule has 1 heterocycles. The van der Waals surface area contributed by atoms with Crippen molar-refractivity contribution >= 4 is 29.1 Å². The molecular formula is C20H24Cl2FN3O2. The largest absolute Gasteiger partial charge is 0.491 e. The Balaban J connectivity index is 1.88. The minimum absolute atomic E-state index is 0.0630. The number of benzene rings is 1. The van der Waals surface area contributed by atoms with E-state index in [-0.39, 0.29) is 22.7 Å². The Morgan fingerprint density at radius 1 is 1.36 bits per heavy atom. The Labute approximate surface area is 174 Å². The highest BCUT2D eigenvalue weighted by Gasteiger charge is 2.14. The number of hydrogen-bond acceptors (Lipinski definition) is 3. The second-order valence-corrected chi connectivity index (χ2v) is 7.26. The quantitative estimate of drug-likeness (QED) is 0.547. The summed E-state index contributed by atoms with van der Waals surface area (Å²) in [6.07, 6.45) is 4.79. The molecule has 0 saturated carbocycles. The van der Waals surface area contributed by atoms with E-state index in [1.54, 1.807) is 37.4 Å². The summed E-state index contributed by atoms with van der Waals surface area (Å²) in [5.74, 6) is -0.594. The van der Waals surface area contributed by atoms with Gasteiger partial charge in [-0.1, -0.05) is 48.3 Å². The van der Waals surface area contributed by atoms with Crippen molar-refractivity contribution in [2.75, 3.05) is 6.61 Å². The van der Waals surface area contributed by atoms with Gasteiger partial charge in [0.15, 0.2) is 11.6 Å². The molecule has 0 aliphatic rings. The molecule has 0 spiro atoms. The smallest absolute Gasteiger partial charge is 0.269 e. The van der Waals surface area contributed by atoms with E-state index in [0.29, 0.717) is 17.9 Å². The summed E-state index contributed by atoms with van der Waals surface area (Å²) in [6, 6.07) is 6.63. The molecule has 0 aliphatic heterocycles. The molecule has 0 saturated heterocycles. The second-order valence-electron chi connectivity index (χ2n) is 6.25. The molecule has 1 aromatic heterocycles. The van der Waals surface area contributed by atoms with Crippen LogP contribution in [0.4, 0.5) is 4.39 Å². The molecule has 8 heteroatoms. The predicted octanol–water partition coefficient (Wildman–Crippen LogP) is 4.92. The van der Waals surface area contributed by atoms with Crippen molar-refractivity contribution in [1.29, 1.82) is 0 Å². The van der Waals surface area contributed by atoms with Crippen LogP contribution in [0.5, 0.6) is 5.75 Å². The molecule has 152 valence electrons. The van der Waals surface area contributed by atoms with Crippen LogP contribution in [-0.4, -0.2) is 22.3 Å². The lowest BCUT2D eigenvalue weighted by Gasteiger charge is -2.11. The molecule has 2 aromatic rings. The van der Waals surface area contributed by atoms with Gasteiger partial charge in [0, 0.05) is 19.2 Å². The van der Waals surface area contributed by atoms with Crippen LogP contribution in [0.25, 0.3) is 0 Å². The molecule has 1 N–H and O–H groups in total. The van der Waals surface area contributed by atoms with Crippen molar-refractivity contribution in [2.45, 2.75) is 39.2 Å². The number of unbranched alkanes of at least 4 members (excludes halogenated alkanes) is 2. The van der Waals surface area contributed by atoms with E-state index in [9.17, 15) is 9.18 Å². The normalized spacial score (nSPS) is 10.6. The molecule has 0 radical (unpaired) electrons. The molecule has 2 rings (SSSR count). The average Bonchev–Trinajstić information content (AvgIpc) is 3.05. The number of ether oxygens (including phenoxy) is 1. The third-order valence-corrected chi connectivity index (χ3v) is 4.47. The lowest BCUT2D eigenvalue weighted by Crippen LogP contribution is -2.25. The SMILES string of the molecule is CCc1cc(C(=O)NCc2cccc(OCCCCC=C(Cl)Cl)c2F)n(C)n1. The number of rotatable bonds is 10. The van der Waals surface area contributed by atoms with Crippen molar-refractivity contribution in [2.24, 2.45) is 7.05 Å². The van der Waals surface area contributed by atoms with Crippen LogP contribution >= 0.6 is 23.2 Å². The first kappa shape index (κ1) is 22.2. The van der Waals surface area contributed by atoms with Crippen LogP contribution in [0, 0.1) is 5.82 Å². The fraction of sp³-hybridized carbons (Fsp3) is 0.400. The number of halogens is 3. The van der Waals surface area contributed by atoms with Crippen molar-refractivity contribution in [3.05, 3.63) is 57.6 Å². The standard InChI is InChI=1S/C20H24Cl2FN3O2/c1-3-15-12-16(26(2)25-15)20(27)24-13-14-8-7-9-17(19(14)23)28-11-6-4-5-10-18(21)22/h7-10,12H,3-6,11,13H2,1-2H3,(H,24,27). The fourth-order valence-electron chi connectivity index (χ4n) is 2.62. The number of amides is 1. The number of carbonyl (C=O) groups excluding carboxylic acids is 1. The fourth-order valence-corrected chi connectivity index (χ4v) is 2.84. The summed E-state index contributed by atoms with van der Waals surface area (Å²) in [5.41, 5.74) is 1.63. The van der Waals surface area contributed by atoms with E-state index in [0.717, 1.165) is 31.4 Å². The highest BCUT2D eigenvalue weighted by Crippen LogP contribution is 2.21. The average molecular weight is 428 g/mol. The van der Waals surface area contributed by atoms with Gasteiger partial charge in [0.1, 0.15) is 10.2 Å². The summed E-state index contributed by atoms with van der Waals surface area (Å²) in [6.45, 7) is 2.41. The number of carbonyl (C=O) groups is 1. The molecule has 0 unspecified atom stereocenters. The summed E-state index contributed by atoms with van der Waals surface area (Å²) in [5, 5.41) is 6.97. The van der Waals surface area contributed by atoms with Gasteiger partial charge >= 0.3 is 0 Å². The van der Waals surface area contributed by atoms with E-state index in [1.807, 2.05) is 6.92 Å². The maximum absolute atomic E-state index is 14.6. The Hall–Kier alpha value is -2.05. The van der Waals surface area contributed by atoms with Crippen LogP contribution in [0.3, 0.4) is 0 Å². The maximum atomic E-state index is 14.6. The number of allylic oxidation sites excluding steroid dienone is 1. The van der Waals surface area contributed by atoms with Crippen LogP contribution < -0.4 is 10.1 Å². The zero-order valence-corrected chi connectivity index (χ0v) is 17.5. The van der Waals surface area contributed by atoms with Crippen molar-refractivity contribution < 1.29 is 13.9 Å². The van der Waals surface area contributed by atoms with Crippen molar-refractivity contribution in [1.82, 2.24) is 15.1 Å². The highest BCUT2D eigenvalue weighted by molar-refractivity contribution is 6.55. The Morgan fingerprint density at radius 3 is 2.82 bits per heavy atom. The zero-order valence-electron chi connectivity index (χ0n) is 16.0. The van der Waals surface area contributed by atoms with Crippen LogP contribution in [-0.2, 0) is 20.0 Å². The lowest BCUT2D eigenvalue weighted by molar-refractivity contribution is 0.0941. The van der Waals surface area contributed by atoms with E-state index in [2.05, 4.69) is 10.4 Å². The number of aromatic nitrogens is 2. The van der Waals surface area contributed by atoms with Crippen LogP contribution in [0.1, 0.15) is 47.9 Å². The van der Waals surface area contributed by atoms with Gasteiger partial charge in [0.25, 0.3) is 5.91 Å². The number of aryl methyl sites for hydroxylation is 2. The first-order chi connectivity index (χ1) is 13.4. The van der Waals surface area contributed by atoms with Gasteiger partial charge in [-0.15, -0.1) is 0 Å². The van der Waals surface area contributed by atoms with Crippen LogP contribution in [0.2, 0.25) is 0 Å². The zero-order chi connectivity index (χ0) is 20.5. The van der Waals surface area contributed by atoms with Gasteiger partial charge in [0.2, 0.25) is 0 Å². The van der Waals surface area contributed by atoms with Gasteiger partial charge in [-0.3, -0.25) is 9.48 Å². The minimum Gasteiger partial charge on any atom is -0.491 e. The predicted molar refractivity (Wildman–Crippen MR) is 109 cm³/mol. The first-order valence-corrected chi connectivity index (χ1v) is 9.90. The molecular weight excluding hydrogens is 404 g/mol. The summed E-state index contributed by atoms with van der Waals surface area (Å²) >= 11 is 11.1.